The largest absolute Gasteiger partial charge is 0.496 e. The van der Waals surface area contributed by atoms with Crippen LogP contribution in [0, 0.1) is 12.8 Å². The zero-order valence-electron chi connectivity index (χ0n) is 24.0. The topological polar surface area (TPSA) is 97.0 Å². The van der Waals surface area contributed by atoms with Gasteiger partial charge >= 0.3 is 0 Å². The molecule has 0 atom stereocenters. The van der Waals surface area contributed by atoms with Crippen LogP contribution >= 0.6 is 0 Å². The van der Waals surface area contributed by atoms with Crippen molar-refractivity contribution < 1.29 is 23.9 Å². The van der Waals surface area contributed by atoms with Gasteiger partial charge in [0, 0.05) is 43.4 Å². The van der Waals surface area contributed by atoms with E-state index in [0.717, 1.165) is 11.1 Å². The lowest BCUT2D eigenvalue weighted by Gasteiger charge is -2.32. The molecule has 8 heteroatoms. The lowest BCUT2D eigenvalue weighted by atomic mass is 9.95. The van der Waals surface area contributed by atoms with Crippen molar-refractivity contribution in [2.75, 3.05) is 32.6 Å². The number of likely N-dealkylation sites (tertiary alicyclic amines) is 1. The third-order valence-electron chi connectivity index (χ3n) is 6.79. The summed E-state index contributed by atoms with van der Waals surface area (Å²) in [4.78, 5) is 40.0. The first-order valence-corrected chi connectivity index (χ1v) is 13.7. The van der Waals surface area contributed by atoms with Gasteiger partial charge in [0.1, 0.15) is 18.1 Å². The van der Waals surface area contributed by atoms with Crippen LogP contribution in [0.25, 0.3) is 0 Å². The Morgan fingerprint density at radius 1 is 0.950 bits per heavy atom. The SMILES string of the molecule is CC.CNC(=O)c1ccc(C)c(NC(=O)C2CCN(C(=O)c3ccc(OCc4ccccc4)cc3OC)CC2)c1. The lowest BCUT2D eigenvalue weighted by Crippen LogP contribution is -2.41. The molecule has 0 radical (unpaired) electrons. The number of benzene rings is 3. The predicted octanol–water partition coefficient (Wildman–Crippen LogP) is 5.46. The molecule has 0 spiro atoms. The molecule has 4 rings (SSSR count). The van der Waals surface area contributed by atoms with Gasteiger partial charge in [0.2, 0.25) is 5.91 Å². The Balaban J connectivity index is 0.00000216. The highest BCUT2D eigenvalue weighted by Gasteiger charge is 2.29. The number of carbonyl (C=O) groups is 3. The van der Waals surface area contributed by atoms with Crippen molar-refractivity contribution in [1.82, 2.24) is 10.2 Å². The zero-order chi connectivity index (χ0) is 29.1. The van der Waals surface area contributed by atoms with Gasteiger partial charge in [-0.05, 0) is 55.2 Å². The fraction of sp³-hybridized carbons (Fsp3) is 0.344. The highest BCUT2D eigenvalue weighted by Crippen LogP contribution is 2.29. The van der Waals surface area contributed by atoms with Crippen molar-refractivity contribution >= 4 is 23.4 Å². The lowest BCUT2D eigenvalue weighted by molar-refractivity contribution is -0.121. The van der Waals surface area contributed by atoms with Crippen molar-refractivity contribution in [3.63, 3.8) is 0 Å². The van der Waals surface area contributed by atoms with Gasteiger partial charge in [0.25, 0.3) is 11.8 Å². The van der Waals surface area contributed by atoms with Crippen LogP contribution in [0.4, 0.5) is 5.69 Å². The second kappa shape index (κ2) is 14.7. The van der Waals surface area contributed by atoms with E-state index in [-0.39, 0.29) is 23.6 Å². The second-order valence-electron chi connectivity index (χ2n) is 9.30. The Morgan fingerprint density at radius 2 is 1.65 bits per heavy atom. The molecule has 1 fully saturated rings. The third kappa shape index (κ3) is 7.62. The van der Waals surface area contributed by atoms with Crippen molar-refractivity contribution in [2.24, 2.45) is 5.92 Å². The number of aryl methyl sites for hydroxylation is 1. The number of carbonyl (C=O) groups excluding carboxylic acids is 3. The molecule has 8 nitrogen and oxygen atoms in total. The molecule has 3 aromatic rings. The number of nitrogens with one attached hydrogen (secondary N) is 2. The van der Waals surface area contributed by atoms with Crippen LogP contribution in [-0.2, 0) is 11.4 Å². The van der Waals surface area contributed by atoms with Gasteiger partial charge in [-0.2, -0.15) is 0 Å². The highest BCUT2D eigenvalue weighted by molar-refractivity contribution is 5.99. The summed E-state index contributed by atoms with van der Waals surface area (Å²) in [6.45, 7) is 7.23. The minimum Gasteiger partial charge on any atom is -0.496 e. The average molecular weight is 546 g/mol. The molecule has 3 amide bonds. The number of methoxy groups -OCH3 is 1. The first-order valence-electron chi connectivity index (χ1n) is 13.7. The number of ether oxygens (including phenoxy) is 2. The summed E-state index contributed by atoms with van der Waals surface area (Å²) in [5.41, 5.74) is 3.49. The smallest absolute Gasteiger partial charge is 0.257 e. The molecule has 2 N–H and O–H groups in total. The number of amides is 3. The Labute approximate surface area is 236 Å². The van der Waals surface area contributed by atoms with Crippen molar-refractivity contribution in [3.8, 4) is 11.5 Å². The number of anilines is 1. The third-order valence-corrected chi connectivity index (χ3v) is 6.79. The molecule has 0 unspecified atom stereocenters. The molecule has 3 aromatic carbocycles. The Hall–Kier alpha value is -4.33. The first-order chi connectivity index (χ1) is 19.4. The maximum atomic E-state index is 13.3. The summed E-state index contributed by atoms with van der Waals surface area (Å²) in [6.07, 6.45) is 1.10. The highest BCUT2D eigenvalue weighted by atomic mass is 16.5. The average Bonchev–Trinajstić information content (AvgIpc) is 3.01. The summed E-state index contributed by atoms with van der Waals surface area (Å²) >= 11 is 0. The molecule has 0 aliphatic carbocycles. The van der Waals surface area contributed by atoms with Gasteiger partial charge in [-0.1, -0.05) is 50.2 Å². The van der Waals surface area contributed by atoms with E-state index in [0.29, 0.717) is 60.9 Å². The van der Waals surface area contributed by atoms with Gasteiger partial charge in [0.05, 0.1) is 12.7 Å². The van der Waals surface area contributed by atoms with Gasteiger partial charge in [-0.3, -0.25) is 14.4 Å². The van der Waals surface area contributed by atoms with E-state index >= 15 is 0 Å². The molecule has 1 heterocycles. The van der Waals surface area contributed by atoms with Crippen LogP contribution in [0.3, 0.4) is 0 Å². The molecule has 1 saturated heterocycles. The summed E-state index contributed by atoms with van der Waals surface area (Å²) in [5, 5.41) is 5.56. The van der Waals surface area contributed by atoms with E-state index in [1.54, 1.807) is 42.3 Å². The number of piperidine rings is 1. The zero-order valence-corrected chi connectivity index (χ0v) is 24.0. The Kier molecular flexibility index (Phi) is 11.1. The second-order valence-corrected chi connectivity index (χ2v) is 9.30. The van der Waals surface area contributed by atoms with E-state index in [1.165, 1.54) is 7.11 Å². The molecule has 0 aromatic heterocycles. The van der Waals surface area contributed by atoms with E-state index in [1.807, 2.05) is 57.2 Å². The van der Waals surface area contributed by atoms with E-state index in [2.05, 4.69) is 10.6 Å². The number of hydrogen-bond donors (Lipinski definition) is 2. The molecule has 0 saturated carbocycles. The van der Waals surface area contributed by atoms with E-state index in [9.17, 15) is 14.4 Å². The summed E-state index contributed by atoms with van der Waals surface area (Å²) < 4.78 is 11.4. The molecular weight excluding hydrogens is 506 g/mol. The quantitative estimate of drug-likeness (QED) is 0.392. The summed E-state index contributed by atoms with van der Waals surface area (Å²) in [7, 11) is 3.10. The standard InChI is InChI=1S/C30H33N3O5.C2H6/c1-20-9-10-23(28(34)31-2)17-26(20)32-29(35)22-13-15-33(16-14-22)30(36)25-12-11-24(18-27(25)37-3)38-19-21-7-5-4-6-8-21;1-2/h4-12,17-18,22H,13-16,19H2,1-3H3,(H,31,34)(H,32,35);1-2H3. The molecular formula is C32H39N3O5. The van der Waals surface area contributed by atoms with Crippen LogP contribution in [0.15, 0.2) is 66.7 Å². The van der Waals surface area contributed by atoms with Crippen molar-refractivity contribution in [3.05, 3.63) is 89.0 Å². The van der Waals surface area contributed by atoms with Crippen LogP contribution < -0.4 is 20.1 Å². The summed E-state index contributed by atoms with van der Waals surface area (Å²) in [5.74, 6) is 0.396. The Morgan fingerprint density at radius 3 is 2.30 bits per heavy atom. The predicted molar refractivity (Wildman–Crippen MR) is 157 cm³/mol. The van der Waals surface area contributed by atoms with Crippen molar-refractivity contribution in [1.29, 1.82) is 0 Å². The molecule has 0 bridgehead atoms. The number of hydrogen-bond acceptors (Lipinski definition) is 5. The van der Waals surface area contributed by atoms with E-state index < -0.39 is 0 Å². The first kappa shape index (κ1) is 30.2. The number of rotatable bonds is 8. The molecule has 212 valence electrons. The normalized spacial score (nSPS) is 13.0. The van der Waals surface area contributed by atoms with Gasteiger partial charge in [0.15, 0.2) is 0 Å². The van der Waals surface area contributed by atoms with Crippen LogP contribution in [0.5, 0.6) is 11.5 Å². The minimum atomic E-state index is -0.224. The maximum Gasteiger partial charge on any atom is 0.257 e. The fourth-order valence-corrected chi connectivity index (χ4v) is 4.47. The van der Waals surface area contributed by atoms with Crippen LogP contribution in [0.2, 0.25) is 0 Å². The molecule has 1 aliphatic heterocycles. The monoisotopic (exact) mass is 545 g/mol. The molecule has 40 heavy (non-hydrogen) atoms. The fourth-order valence-electron chi connectivity index (χ4n) is 4.47. The summed E-state index contributed by atoms with van der Waals surface area (Å²) in [6, 6.07) is 20.3. The van der Waals surface area contributed by atoms with Gasteiger partial charge in [-0.25, -0.2) is 0 Å². The van der Waals surface area contributed by atoms with Gasteiger partial charge < -0.3 is 25.0 Å². The van der Waals surface area contributed by atoms with E-state index in [4.69, 9.17) is 9.47 Å². The Bertz CT molecular complexity index is 1300. The van der Waals surface area contributed by atoms with Crippen LogP contribution in [0.1, 0.15) is 58.5 Å². The number of nitrogens with zero attached hydrogens (tertiary/aromatic N) is 1. The van der Waals surface area contributed by atoms with Crippen LogP contribution in [-0.4, -0.2) is 49.9 Å². The molecule has 1 aliphatic rings. The van der Waals surface area contributed by atoms with Gasteiger partial charge in [-0.15, -0.1) is 0 Å². The van der Waals surface area contributed by atoms with Crippen molar-refractivity contribution in [2.45, 2.75) is 40.2 Å². The minimum absolute atomic E-state index is 0.105. The maximum absolute atomic E-state index is 13.3.